The number of thioether (sulfide) groups is 1. The van der Waals surface area contributed by atoms with Gasteiger partial charge in [-0.2, -0.15) is 0 Å². The Hall–Kier alpha value is -5.33. The first kappa shape index (κ1) is 38.0. The minimum atomic E-state index is -1.08. The first-order valence-corrected chi connectivity index (χ1v) is 19.6. The number of nitrogens with zero attached hydrogens (tertiary/aromatic N) is 3. The molecule has 0 aliphatic carbocycles. The van der Waals surface area contributed by atoms with E-state index in [4.69, 9.17) is 37.4 Å². The van der Waals surface area contributed by atoms with Gasteiger partial charge in [-0.3, -0.25) is 14.5 Å². The zero-order chi connectivity index (χ0) is 38.5. The fraction of sp³-hybridized carbons (Fsp3) is 0.143. The number of methoxy groups -OCH3 is 1. The largest absolute Gasteiger partial charge is 0.507 e. The van der Waals surface area contributed by atoms with Crippen molar-refractivity contribution in [1.29, 1.82) is 0 Å². The lowest BCUT2D eigenvalue weighted by atomic mass is 9.95. The number of aryl methyl sites for hydroxylation is 1. The summed E-state index contributed by atoms with van der Waals surface area (Å²) < 4.78 is 18.3. The third kappa shape index (κ3) is 8.66. The molecule has 1 unspecified atom stereocenters. The predicted octanol–water partition coefficient (Wildman–Crippen LogP) is 10.2. The fourth-order valence-electron chi connectivity index (χ4n) is 6.02. The SMILES string of the molecule is COc1cc(C2C(=C(O)c3ccc(OCc4cccc(C)c4)cc3)C(=O)C(=O)N2c2nnc(SCc3ccc(Cl)cc3Cl)s2)ccc1OCc1ccccc1. The van der Waals surface area contributed by atoms with Crippen molar-refractivity contribution >= 4 is 68.9 Å². The van der Waals surface area contributed by atoms with Crippen molar-refractivity contribution in [3.8, 4) is 17.2 Å². The molecule has 1 aliphatic heterocycles. The van der Waals surface area contributed by atoms with Crippen molar-refractivity contribution in [2.75, 3.05) is 12.0 Å². The Balaban J connectivity index is 1.22. The van der Waals surface area contributed by atoms with Gasteiger partial charge in [0.2, 0.25) is 5.13 Å². The quantitative estimate of drug-likeness (QED) is 0.0401. The molecule has 0 spiro atoms. The Labute approximate surface area is 336 Å². The highest BCUT2D eigenvalue weighted by molar-refractivity contribution is 8.00. The maximum absolute atomic E-state index is 13.9. The van der Waals surface area contributed by atoms with Crippen LogP contribution in [0.25, 0.3) is 5.76 Å². The minimum absolute atomic E-state index is 0.115. The number of benzene rings is 5. The van der Waals surface area contributed by atoms with Crippen LogP contribution in [0.5, 0.6) is 17.2 Å². The van der Waals surface area contributed by atoms with Gasteiger partial charge in [-0.1, -0.05) is 119 Å². The molecule has 55 heavy (non-hydrogen) atoms. The van der Waals surface area contributed by atoms with E-state index < -0.39 is 17.7 Å². The molecule has 9 nitrogen and oxygen atoms in total. The molecule has 1 aromatic heterocycles. The summed E-state index contributed by atoms with van der Waals surface area (Å²) in [6, 6.07) is 33.8. The molecule has 1 aliphatic rings. The molecular formula is C42H33Cl2N3O6S2. The zero-order valence-electron chi connectivity index (χ0n) is 29.6. The van der Waals surface area contributed by atoms with E-state index in [1.54, 1.807) is 54.6 Å². The summed E-state index contributed by atoms with van der Waals surface area (Å²) in [4.78, 5) is 29.1. The van der Waals surface area contributed by atoms with Gasteiger partial charge < -0.3 is 19.3 Å². The Bertz CT molecular complexity index is 2390. The van der Waals surface area contributed by atoms with E-state index in [1.807, 2.05) is 67.6 Å². The number of anilines is 1. The van der Waals surface area contributed by atoms with Gasteiger partial charge in [-0.05, 0) is 77.7 Å². The Morgan fingerprint density at radius 1 is 0.836 bits per heavy atom. The van der Waals surface area contributed by atoms with Crippen LogP contribution in [-0.4, -0.2) is 34.1 Å². The lowest BCUT2D eigenvalue weighted by Gasteiger charge is -2.23. The average molecular weight is 811 g/mol. The van der Waals surface area contributed by atoms with Gasteiger partial charge in [0, 0.05) is 21.4 Å². The van der Waals surface area contributed by atoms with Gasteiger partial charge in [-0.25, -0.2) is 0 Å². The maximum atomic E-state index is 13.9. The second kappa shape index (κ2) is 17.0. The third-order valence-electron chi connectivity index (χ3n) is 8.77. The van der Waals surface area contributed by atoms with Gasteiger partial charge in [0.25, 0.3) is 5.78 Å². The van der Waals surface area contributed by atoms with E-state index in [0.717, 1.165) is 33.6 Å². The molecule has 0 saturated carbocycles. The van der Waals surface area contributed by atoms with Crippen LogP contribution in [0.3, 0.4) is 0 Å². The summed E-state index contributed by atoms with van der Waals surface area (Å²) in [5.74, 6) is -0.199. The number of aromatic nitrogens is 2. The van der Waals surface area contributed by atoms with Crippen LogP contribution >= 0.6 is 46.3 Å². The van der Waals surface area contributed by atoms with E-state index >= 15 is 0 Å². The van der Waals surface area contributed by atoms with Crippen molar-refractivity contribution < 1.29 is 28.9 Å². The summed E-state index contributed by atoms with van der Waals surface area (Å²) in [7, 11) is 1.51. The van der Waals surface area contributed by atoms with Gasteiger partial charge in [0.1, 0.15) is 24.7 Å². The van der Waals surface area contributed by atoms with Crippen LogP contribution in [0.15, 0.2) is 125 Å². The summed E-state index contributed by atoms with van der Waals surface area (Å²) in [5, 5.41) is 21.7. The molecule has 2 heterocycles. The fourth-order valence-corrected chi connectivity index (χ4v) is 8.45. The van der Waals surface area contributed by atoms with Crippen LogP contribution < -0.4 is 19.1 Å². The van der Waals surface area contributed by atoms with Crippen molar-refractivity contribution in [3.05, 3.63) is 164 Å². The third-order valence-corrected chi connectivity index (χ3v) is 11.5. The molecule has 278 valence electrons. The molecule has 1 saturated heterocycles. The Morgan fingerprint density at radius 2 is 1.60 bits per heavy atom. The molecule has 5 aromatic carbocycles. The summed E-state index contributed by atoms with van der Waals surface area (Å²) >= 11 is 15.0. The number of carbonyl (C=O) groups excluding carboxylic acids is 2. The van der Waals surface area contributed by atoms with Crippen LogP contribution in [0.4, 0.5) is 5.13 Å². The molecule has 13 heteroatoms. The molecular weight excluding hydrogens is 778 g/mol. The highest BCUT2D eigenvalue weighted by Gasteiger charge is 2.48. The molecule has 0 radical (unpaired) electrons. The zero-order valence-corrected chi connectivity index (χ0v) is 32.7. The maximum Gasteiger partial charge on any atom is 0.301 e. The predicted molar refractivity (Wildman–Crippen MR) is 216 cm³/mol. The lowest BCUT2D eigenvalue weighted by Crippen LogP contribution is -2.29. The number of ketones is 1. The molecule has 1 amide bonds. The van der Waals surface area contributed by atoms with Crippen LogP contribution in [-0.2, 0) is 28.6 Å². The molecule has 1 N–H and O–H groups in total. The topological polar surface area (TPSA) is 111 Å². The second-order valence-electron chi connectivity index (χ2n) is 12.5. The smallest absolute Gasteiger partial charge is 0.301 e. The number of carbonyl (C=O) groups is 2. The number of aliphatic hydroxyl groups is 1. The second-order valence-corrected chi connectivity index (χ2v) is 15.6. The number of Topliss-reactive ketones (excluding diaryl/α,β-unsaturated/α-hetero) is 1. The first-order chi connectivity index (χ1) is 26.7. The van der Waals surface area contributed by atoms with Gasteiger partial charge >= 0.3 is 5.91 Å². The normalized spacial score (nSPS) is 15.0. The first-order valence-electron chi connectivity index (χ1n) is 17.0. The van der Waals surface area contributed by atoms with Gasteiger partial charge in [0.15, 0.2) is 15.8 Å². The highest BCUT2D eigenvalue weighted by Crippen LogP contribution is 2.46. The number of rotatable bonds is 13. The number of ether oxygens (including phenoxy) is 3. The summed E-state index contributed by atoms with van der Waals surface area (Å²) in [5.41, 5.74) is 4.67. The molecule has 1 atom stereocenters. The Morgan fingerprint density at radius 3 is 2.35 bits per heavy atom. The molecule has 7 rings (SSSR count). The van der Waals surface area contributed by atoms with Crippen LogP contribution in [0.1, 0.15) is 39.4 Å². The lowest BCUT2D eigenvalue weighted by molar-refractivity contribution is -0.132. The number of aliphatic hydroxyl groups excluding tert-OH is 1. The average Bonchev–Trinajstić information content (AvgIpc) is 3.77. The van der Waals surface area contributed by atoms with Crippen molar-refractivity contribution in [1.82, 2.24) is 10.2 Å². The Kier molecular flexibility index (Phi) is 11.7. The van der Waals surface area contributed by atoms with E-state index in [-0.39, 0.29) is 16.5 Å². The molecule has 0 bridgehead atoms. The molecule has 6 aromatic rings. The summed E-state index contributed by atoms with van der Waals surface area (Å²) in [6.07, 6.45) is 0. The van der Waals surface area contributed by atoms with E-state index in [2.05, 4.69) is 10.2 Å². The van der Waals surface area contributed by atoms with Gasteiger partial charge in [0.05, 0.1) is 18.7 Å². The number of halogens is 2. The van der Waals surface area contributed by atoms with E-state index in [1.165, 1.54) is 23.8 Å². The monoisotopic (exact) mass is 809 g/mol. The van der Waals surface area contributed by atoms with E-state index in [9.17, 15) is 14.7 Å². The standard InChI is InChI=1S/C42H33Cl2N3O6S2/c1-25-7-6-10-27(19-25)23-52-32-16-12-28(13-17-32)38(48)36-37(29-14-18-34(35(20-29)51-2)53-22-26-8-4-3-5-9-26)47(40(50)39(36)49)41-45-46-42(55-41)54-24-30-11-15-31(43)21-33(30)44/h3-21,37,48H,22-24H2,1-2H3. The van der Waals surface area contributed by atoms with Crippen LogP contribution in [0, 0.1) is 6.92 Å². The van der Waals surface area contributed by atoms with Crippen molar-refractivity contribution in [3.63, 3.8) is 0 Å². The number of hydrogen-bond donors (Lipinski definition) is 1. The summed E-state index contributed by atoms with van der Waals surface area (Å²) in [6.45, 7) is 2.68. The number of amides is 1. The van der Waals surface area contributed by atoms with Crippen molar-refractivity contribution in [2.45, 2.75) is 36.3 Å². The van der Waals surface area contributed by atoms with Crippen LogP contribution in [0.2, 0.25) is 10.0 Å². The van der Waals surface area contributed by atoms with Crippen molar-refractivity contribution in [2.24, 2.45) is 0 Å². The minimum Gasteiger partial charge on any atom is -0.507 e. The number of hydrogen-bond acceptors (Lipinski definition) is 10. The highest BCUT2D eigenvalue weighted by atomic mass is 35.5. The molecule has 1 fully saturated rings. The van der Waals surface area contributed by atoms with E-state index in [0.29, 0.717) is 61.7 Å². The van der Waals surface area contributed by atoms with Gasteiger partial charge in [-0.15, -0.1) is 10.2 Å².